The molecular formula is C21H15N3O5S. The molecular weight excluding hydrogens is 406 g/mol. The van der Waals surface area contributed by atoms with Gasteiger partial charge in [0.05, 0.1) is 22.2 Å². The van der Waals surface area contributed by atoms with E-state index in [-0.39, 0.29) is 44.0 Å². The van der Waals surface area contributed by atoms with Crippen LogP contribution in [0.15, 0.2) is 81.2 Å². The highest BCUT2D eigenvalue weighted by molar-refractivity contribution is 7.90. The average Bonchev–Trinajstić information content (AvgIpc) is 2.74. The number of fused-ring (bicyclic) bond motifs is 1. The van der Waals surface area contributed by atoms with Gasteiger partial charge in [-0.05, 0) is 24.3 Å². The SMILES string of the molecule is CS(=O)(=O)c1ccccc1-c1cc(=O)c2cccc(NC(=O)c3cnccn3)c2o1. The molecule has 9 heteroatoms. The molecule has 0 spiro atoms. The minimum absolute atomic E-state index is 0.0357. The van der Waals surface area contributed by atoms with Gasteiger partial charge in [0, 0.05) is 30.3 Å². The van der Waals surface area contributed by atoms with Crippen LogP contribution in [0.1, 0.15) is 10.5 Å². The van der Waals surface area contributed by atoms with E-state index in [0.717, 1.165) is 6.26 Å². The maximum absolute atomic E-state index is 12.7. The molecule has 0 bridgehead atoms. The van der Waals surface area contributed by atoms with Gasteiger partial charge in [0.15, 0.2) is 20.8 Å². The van der Waals surface area contributed by atoms with Crippen molar-refractivity contribution in [1.82, 2.24) is 9.97 Å². The van der Waals surface area contributed by atoms with Gasteiger partial charge < -0.3 is 9.73 Å². The maximum Gasteiger partial charge on any atom is 0.275 e. The Hall–Kier alpha value is -3.85. The molecule has 0 atom stereocenters. The van der Waals surface area contributed by atoms with Crippen molar-refractivity contribution in [3.63, 3.8) is 0 Å². The molecule has 0 saturated heterocycles. The second kappa shape index (κ2) is 7.53. The summed E-state index contributed by atoms with van der Waals surface area (Å²) in [5.74, 6) is -0.449. The van der Waals surface area contributed by atoms with Crippen molar-refractivity contribution in [3.05, 3.63) is 83.0 Å². The average molecular weight is 421 g/mol. The Morgan fingerprint density at radius 2 is 1.87 bits per heavy atom. The van der Waals surface area contributed by atoms with Gasteiger partial charge in [0.1, 0.15) is 11.5 Å². The molecule has 1 amide bonds. The van der Waals surface area contributed by atoms with Gasteiger partial charge in [0.25, 0.3) is 5.91 Å². The number of hydrogen-bond acceptors (Lipinski definition) is 7. The highest BCUT2D eigenvalue weighted by Gasteiger charge is 2.18. The predicted molar refractivity (Wildman–Crippen MR) is 111 cm³/mol. The topological polar surface area (TPSA) is 119 Å². The van der Waals surface area contributed by atoms with E-state index in [1.54, 1.807) is 36.4 Å². The molecule has 1 N–H and O–H groups in total. The molecule has 4 aromatic rings. The Balaban J connectivity index is 1.88. The quantitative estimate of drug-likeness (QED) is 0.538. The Labute approximate surface area is 171 Å². The first-order chi connectivity index (χ1) is 14.3. The molecule has 2 aromatic carbocycles. The summed E-state index contributed by atoms with van der Waals surface area (Å²) in [6, 6.07) is 12.2. The first-order valence-electron chi connectivity index (χ1n) is 8.78. The van der Waals surface area contributed by atoms with E-state index in [1.807, 2.05) is 0 Å². The number of nitrogens with one attached hydrogen (secondary N) is 1. The van der Waals surface area contributed by atoms with Crippen LogP contribution in [-0.4, -0.2) is 30.5 Å². The zero-order valence-corrected chi connectivity index (χ0v) is 16.5. The first-order valence-corrected chi connectivity index (χ1v) is 10.7. The largest absolute Gasteiger partial charge is 0.454 e. The third kappa shape index (κ3) is 3.70. The molecule has 0 aliphatic heterocycles. The lowest BCUT2D eigenvalue weighted by molar-refractivity contribution is 0.102. The lowest BCUT2D eigenvalue weighted by Gasteiger charge is -2.11. The Bertz CT molecular complexity index is 1430. The summed E-state index contributed by atoms with van der Waals surface area (Å²) in [6.07, 6.45) is 5.22. The monoisotopic (exact) mass is 421 g/mol. The lowest BCUT2D eigenvalue weighted by Crippen LogP contribution is -2.14. The number of nitrogens with zero attached hydrogens (tertiary/aromatic N) is 2. The molecule has 2 heterocycles. The second-order valence-corrected chi connectivity index (χ2v) is 8.45. The fourth-order valence-corrected chi connectivity index (χ4v) is 3.90. The van der Waals surface area contributed by atoms with Crippen LogP contribution < -0.4 is 10.7 Å². The van der Waals surface area contributed by atoms with Crippen LogP contribution in [0.25, 0.3) is 22.3 Å². The van der Waals surface area contributed by atoms with Gasteiger partial charge in [-0.1, -0.05) is 18.2 Å². The zero-order valence-electron chi connectivity index (χ0n) is 15.7. The number of carbonyl (C=O) groups is 1. The van der Waals surface area contributed by atoms with Crippen molar-refractivity contribution in [1.29, 1.82) is 0 Å². The van der Waals surface area contributed by atoms with E-state index in [0.29, 0.717) is 0 Å². The molecule has 0 aliphatic carbocycles. The van der Waals surface area contributed by atoms with Gasteiger partial charge in [-0.3, -0.25) is 14.6 Å². The molecule has 0 aliphatic rings. The van der Waals surface area contributed by atoms with Crippen molar-refractivity contribution >= 4 is 32.4 Å². The summed E-state index contributed by atoms with van der Waals surface area (Å²) in [5, 5.41) is 2.90. The third-order valence-electron chi connectivity index (χ3n) is 4.35. The van der Waals surface area contributed by atoms with Crippen molar-refractivity contribution in [2.45, 2.75) is 4.90 Å². The zero-order chi connectivity index (χ0) is 21.3. The molecule has 4 rings (SSSR count). The molecule has 0 saturated carbocycles. The summed E-state index contributed by atoms with van der Waals surface area (Å²) in [4.78, 5) is 33.0. The van der Waals surface area contributed by atoms with Gasteiger partial charge in [-0.15, -0.1) is 0 Å². The summed E-state index contributed by atoms with van der Waals surface area (Å²) in [5.41, 5.74) is 0.356. The van der Waals surface area contributed by atoms with Gasteiger partial charge >= 0.3 is 0 Å². The minimum Gasteiger partial charge on any atom is -0.454 e. The molecule has 0 unspecified atom stereocenters. The fourth-order valence-electron chi connectivity index (χ4n) is 3.00. The normalized spacial score (nSPS) is 11.4. The van der Waals surface area contributed by atoms with E-state index in [2.05, 4.69) is 15.3 Å². The summed E-state index contributed by atoms with van der Waals surface area (Å²) in [7, 11) is -3.56. The maximum atomic E-state index is 12.7. The summed E-state index contributed by atoms with van der Waals surface area (Å²) >= 11 is 0. The van der Waals surface area contributed by atoms with Crippen molar-refractivity contribution in [2.24, 2.45) is 0 Å². The molecule has 2 aromatic heterocycles. The Kier molecular flexibility index (Phi) is 4.88. The number of sulfone groups is 1. The smallest absolute Gasteiger partial charge is 0.275 e. The molecule has 30 heavy (non-hydrogen) atoms. The summed E-state index contributed by atoms with van der Waals surface area (Å²) < 4.78 is 30.2. The van der Waals surface area contributed by atoms with Crippen LogP contribution in [0, 0.1) is 0 Å². The third-order valence-corrected chi connectivity index (χ3v) is 5.51. The van der Waals surface area contributed by atoms with Gasteiger partial charge in [-0.25, -0.2) is 13.4 Å². The first kappa shape index (κ1) is 19.5. The van der Waals surface area contributed by atoms with Crippen LogP contribution in [0.3, 0.4) is 0 Å². The van der Waals surface area contributed by atoms with Crippen LogP contribution >= 0.6 is 0 Å². The second-order valence-electron chi connectivity index (χ2n) is 6.47. The Morgan fingerprint density at radius 1 is 1.07 bits per heavy atom. The van der Waals surface area contributed by atoms with Crippen LogP contribution in [-0.2, 0) is 9.84 Å². The number of rotatable bonds is 4. The molecule has 150 valence electrons. The minimum atomic E-state index is -3.56. The van der Waals surface area contributed by atoms with E-state index in [9.17, 15) is 18.0 Å². The van der Waals surface area contributed by atoms with Crippen LogP contribution in [0.2, 0.25) is 0 Å². The lowest BCUT2D eigenvalue weighted by atomic mass is 10.1. The van der Waals surface area contributed by atoms with E-state index >= 15 is 0 Å². The number of carbonyl (C=O) groups excluding carboxylic acids is 1. The van der Waals surface area contributed by atoms with E-state index in [4.69, 9.17) is 4.42 Å². The van der Waals surface area contributed by atoms with Crippen LogP contribution in [0.4, 0.5) is 5.69 Å². The van der Waals surface area contributed by atoms with Crippen LogP contribution in [0.5, 0.6) is 0 Å². The van der Waals surface area contributed by atoms with Crippen molar-refractivity contribution in [2.75, 3.05) is 11.6 Å². The Morgan fingerprint density at radius 3 is 2.60 bits per heavy atom. The number of benzene rings is 2. The standard InChI is InChI=1S/C21H15N3O5S/c1-30(27,28)19-8-3-2-5-14(19)18-11-17(25)13-6-4-7-15(20(13)29-18)24-21(26)16-12-22-9-10-23-16/h2-12H,1H3,(H,24,26). The highest BCUT2D eigenvalue weighted by atomic mass is 32.2. The summed E-state index contributed by atoms with van der Waals surface area (Å²) in [6.45, 7) is 0. The highest BCUT2D eigenvalue weighted by Crippen LogP contribution is 2.31. The predicted octanol–water partition coefficient (Wildman–Crippen LogP) is 2.91. The molecule has 8 nitrogen and oxygen atoms in total. The van der Waals surface area contributed by atoms with Gasteiger partial charge in [0.2, 0.25) is 0 Å². The van der Waals surface area contributed by atoms with Gasteiger partial charge in [-0.2, -0.15) is 0 Å². The fraction of sp³-hybridized carbons (Fsp3) is 0.0476. The number of hydrogen-bond donors (Lipinski definition) is 1. The van der Waals surface area contributed by atoms with E-state index in [1.165, 1.54) is 30.7 Å². The van der Waals surface area contributed by atoms with E-state index < -0.39 is 15.7 Å². The van der Waals surface area contributed by atoms with Crippen molar-refractivity contribution in [3.8, 4) is 11.3 Å². The number of anilines is 1. The number of para-hydroxylation sites is 1. The van der Waals surface area contributed by atoms with Crippen molar-refractivity contribution < 1.29 is 17.6 Å². The number of aromatic nitrogens is 2. The molecule has 0 radical (unpaired) electrons. The molecule has 0 fully saturated rings. The number of amides is 1.